The number of nitrogens with two attached hydrogens (primary N) is 1. The topological polar surface area (TPSA) is 46.2 Å². The zero-order valence-electron chi connectivity index (χ0n) is 11.4. The van der Waals surface area contributed by atoms with Crippen LogP contribution in [0.25, 0.3) is 0 Å². The van der Waals surface area contributed by atoms with E-state index in [4.69, 9.17) is 5.73 Å². The maximum Gasteiger partial charge on any atom is 0.0653 e. The van der Waals surface area contributed by atoms with Crippen molar-refractivity contribution in [2.75, 3.05) is 18.1 Å². The van der Waals surface area contributed by atoms with E-state index < -0.39 is 5.54 Å². The molecule has 0 heterocycles. The minimum absolute atomic E-state index is 0.00174. The largest absolute Gasteiger partial charge is 0.394 e. The second-order valence-electron chi connectivity index (χ2n) is 5.23. The van der Waals surface area contributed by atoms with E-state index in [0.29, 0.717) is 0 Å². The van der Waals surface area contributed by atoms with E-state index in [1.54, 1.807) is 0 Å². The van der Waals surface area contributed by atoms with Crippen molar-refractivity contribution < 1.29 is 5.11 Å². The highest BCUT2D eigenvalue weighted by molar-refractivity contribution is 7.99. The van der Waals surface area contributed by atoms with Crippen molar-refractivity contribution in [3.05, 3.63) is 35.9 Å². The summed E-state index contributed by atoms with van der Waals surface area (Å²) in [5, 5.41) is 9.55. The van der Waals surface area contributed by atoms with E-state index in [1.165, 1.54) is 12.2 Å². The number of rotatable bonds is 8. The molecule has 1 atom stereocenters. The molecule has 18 heavy (non-hydrogen) atoms. The summed E-state index contributed by atoms with van der Waals surface area (Å²) in [6.07, 6.45) is 2.06. The van der Waals surface area contributed by atoms with Gasteiger partial charge in [-0.3, -0.25) is 0 Å². The average molecular weight is 267 g/mol. The molecule has 0 radical (unpaired) electrons. The lowest BCUT2D eigenvalue weighted by molar-refractivity contribution is 0.193. The average Bonchev–Trinajstić information content (AvgIpc) is 2.38. The fourth-order valence-electron chi connectivity index (χ4n) is 1.76. The predicted octanol–water partition coefficient (Wildman–Crippen LogP) is 3.00. The number of aliphatic hydroxyl groups excluding tert-OH is 1. The molecular formula is C15H25NOS. The molecule has 0 aliphatic carbocycles. The van der Waals surface area contributed by atoms with Crippen LogP contribution in [0.1, 0.15) is 32.3 Å². The van der Waals surface area contributed by atoms with Crippen LogP contribution in [0.15, 0.2) is 30.3 Å². The van der Waals surface area contributed by atoms with Gasteiger partial charge >= 0.3 is 0 Å². The Morgan fingerprint density at radius 3 is 2.44 bits per heavy atom. The Kier molecular flexibility index (Phi) is 6.76. The zero-order valence-corrected chi connectivity index (χ0v) is 12.2. The molecule has 1 rings (SSSR count). The van der Waals surface area contributed by atoms with Gasteiger partial charge in [-0.25, -0.2) is 0 Å². The lowest BCUT2D eigenvalue weighted by Gasteiger charge is -2.27. The number of hydrogen-bond donors (Lipinski definition) is 2. The summed E-state index contributed by atoms with van der Waals surface area (Å²) in [5.74, 6) is 2.93. The summed E-state index contributed by atoms with van der Waals surface area (Å²) in [6.45, 7) is 4.48. The van der Waals surface area contributed by atoms with Crippen LogP contribution in [0, 0.1) is 5.92 Å². The van der Waals surface area contributed by atoms with Gasteiger partial charge in [-0.1, -0.05) is 44.2 Å². The van der Waals surface area contributed by atoms with Crippen LogP contribution in [0.3, 0.4) is 0 Å². The van der Waals surface area contributed by atoms with Gasteiger partial charge in [-0.15, -0.1) is 0 Å². The highest BCUT2D eigenvalue weighted by atomic mass is 32.2. The third-order valence-corrected chi connectivity index (χ3v) is 4.18. The molecule has 3 N–H and O–H groups in total. The van der Waals surface area contributed by atoms with Crippen LogP contribution in [-0.4, -0.2) is 23.2 Å². The normalized spacial score (nSPS) is 14.7. The lowest BCUT2D eigenvalue weighted by Crippen LogP contribution is -2.41. The van der Waals surface area contributed by atoms with Crippen molar-refractivity contribution in [2.24, 2.45) is 11.7 Å². The standard InChI is InChI=1S/C15H25NOS/c1-13(2)8-10-18-11-9-15(16,12-17)14-6-4-3-5-7-14/h3-7,13,17H,8-12,16H2,1-2H3. The molecule has 3 heteroatoms. The van der Waals surface area contributed by atoms with Crippen molar-refractivity contribution >= 4 is 11.8 Å². The van der Waals surface area contributed by atoms with Crippen molar-refractivity contribution in [3.63, 3.8) is 0 Å². The van der Waals surface area contributed by atoms with Crippen LogP contribution < -0.4 is 5.73 Å². The van der Waals surface area contributed by atoms with Crippen LogP contribution in [0.5, 0.6) is 0 Å². The molecule has 0 aliphatic rings. The highest BCUT2D eigenvalue weighted by Crippen LogP contribution is 2.24. The molecule has 1 aromatic rings. The van der Waals surface area contributed by atoms with Crippen molar-refractivity contribution in [1.82, 2.24) is 0 Å². The molecule has 1 aromatic carbocycles. The molecule has 0 amide bonds. The van der Waals surface area contributed by atoms with Crippen LogP contribution >= 0.6 is 11.8 Å². The highest BCUT2D eigenvalue weighted by Gasteiger charge is 2.25. The maximum atomic E-state index is 9.55. The minimum atomic E-state index is -0.591. The van der Waals surface area contributed by atoms with Gasteiger partial charge in [0.15, 0.2) is 0 Å². The van der Waals surface area contributed by atoms with Crippen molar-refractivity contribution in [3.8, 4) is 0 Å². The summed E-state index contributed by atoms with van der Waals surface area (Å²) < 4.78 is 0. The van der Waals surface area contributed by atoms with E-state index in [-0.39, 0.29) is 6.61 Å². The van der Waals surface area contributed by atoms with Crippen LogP contribution in [0.2, 0.25) is 0 Å². The molecule has 1 unspecified atom stereocenters. The number of thioether (sulfide) groups is 1. The molecule has 0 spiro atoms. The second-order valence-corrected chi connectivity index (χ2v) is 6.45. The maximum absolute atomic E-state index is 9.55. The van der Waals surface area contributed by atoms with E-state index in [2.05, 4.69) is 13.8 Å². The number of aliphatic hydroxyl groups is 1. The molecule has 0 bridgehead atoms. The minimum Gasteiger partial charge on any atom is -0.394 e. The quantitative estimate of drug-likeness (QED) is 0.712. The first-order valence-corrected chi connectivity index (χ1v) is 7.77. The van der Waals surface area contributed by atoms with Gasteiger partial charge in [0.25, 0.3) is 0 Å². The number of benzene rings is 1. The Morgan fingerprint density at radius 1 is 1.22 bits per heavy atom. The van der Waals surface area contributed by atoms with Crippen molar-refractivity contribution in [2.45, 2.75) is 32.2 Å². The van der Waals surface area contributed by atoms with Crippen LogP contribution in [0.4, 0.5) is 0 Å². The molecule has 0 saturated carbocycles. The van der Waals surface area contributed by atoms with Crippen molar-refractivity contribution in [1.29, 1.82) is 0 Å². The summed E-state index contributed by atoms with van der Waals surface area (Å²) in [6, 6.07) is 9.90. The Hall–Kier alpha value is -0.510. The van der Waals surface area contributed by atoms with Gasteiger partial charge in [0.2, 0.25) is 0 Å². The van der Waals surface area contributed by atoms with Gasteiger partial charge in [-0.05, 0) is 35.8 Å². The Morgan fingerprint density at radius 2 is 1.89 bits per heavy atom. The SMILES string of the molecule is CC(C)CCSCCC(N)(CO)c1ccccc1. The molecule has 0 aromatic heterocycles. The van der Waals surface area contributed by atoms with Gasteiger partial charge in [0.1, 0.15) is 0 Å². The predicted molar refractivity (Wildman–Crippen MR) is 80.8 cm³/mol. The molecule has 0 fully saturated rings. The van der Waals surface area contributed by atoms with Gasteiger partial charge < -0.3 is 10.8 Å². The van der Waals surface area contributed by atoms with E-state index in [1.807, 2.05) is 42.1 Å². The summed E-state index contributed by atoms with van der Waals surface area (Å²) >= 11 is 1.93. The Labute approximate surface area is 115 Å². The third kappa shape index (κ3) is 5.01. The monoisotopic (exact) mass is 267 g/mol. The van der Waals surface area contributed by atoms with E-state index in [9.17, 15) is 5.11 Å². The Balaban J connectivity index is 2.42. The molecular weight excluding hydrogens is 242 g/mol. The zero-order chi connectivity index (χ0) is 13.4. The fraction of sp³-hybridized carbons (Fsp3) is 0.600. The first-order valence-electron chi connectivity index (χ1n) is 6.61. The van der Waals surface area contributed by atoms with Gasteiger partial charge in [0.05, 0.1) is 12.1 Å². The molecule has 2 nitrogen and oxygen atoms in total. The van der Waals surface area contributed by atoms with Gasteiger partial charge in [0, 0.05) is 0 Å². The third-order valence-electron chi connectivity index (χ3n) is 3.16. The summed E-state index contributed by atoms with van der Waals surface area (Å²) in [7, 11) is 0. The Bertz CT molecular complexity index is 329. The first-order chi connectivity index (χ1) is 8.58. The number of hydrogen-bond acceptors (Lipinski definition) is 3. The molecule has 0 saturated heterocycles. The van der Waals surface area contributed by atoms with Gasteiger partial charge in [-0.2, -0.15) is 11.8 Å². The van der Waals surface area contributed by atoms with E-state index >= 15 is 0 Å². The summed E-state index contributed by atoms with van der Waals surface area (Å²) in [4.78, 5) is 0. The smallest absolute Gasteiger partial charge is 0.0653 e. The summed E-state index contributed by atoms with van der Waals surface area (Å²) in [5.41, 5.74) is 6.73. The van der Waals surface area contributed by atoms with E-state index in [0.717, 1.165) is 23.7 Å². The first kappa shape index (κ1) is 15.5. The lowest BCUT2D eigenvalue weighted by atomic mass is 9.89. The fourth-order valence-corrected chi connectivity index (χ4v) is 3.11. The molecule has 0 aliphatic heterocycles. The second kappa shape index (κ2) is 7.82. The van der Waals surface area contributed by atoms with Crippen LogP contribution in [-0.2, 0) is 5.54 Å². The molecule has 102 valence electrons.